The summed E-state index contributed by atoms with van der Waals surface area (Å²) in [6.07, 6.45) is 1.92. The first kappa shape index (κ1) is 19.4. The number of sulfonamides is 1. The molecule has 1 aromatic heterocycles. The monoisotopic (exact) mass is 415 g/mol. The molecule has 152 valence electrons. The van der Waals surface area contributed by atoms with Crippen molar-refractivity contribution in [3.63, 3.8) is 0 Å². The molecule has 8 nitrogen and oxygen atoms in total. The van der Waals surface area contributed by atoms with Gasteiger partial charge in [-0.3, -0.25) is 9.36 Å². The molecule has 1 N–H and O–H groups in total. The van der Waals surface area contributed by atoms with Crippen LogP contribution >= 0.6 is 0 Å². The molecule has 9 heteroatoms. The van der Waals surface area contributed by atoms with Crippen LogP contribution in [0.4, 0.5) is 5.69 Å². The lowest BCUT2D eigenvalue weighted by Gasteiger charge is -2.33. The number of aromatic nitrogens is 1. The van der Waals surface area contributed by atoms with Crippen molar-refractivity contribution in [1.82, 2.24) is 8.87 Å². The van der Waals surface area contributed by atoms with Crippen LogP contribution in [0.2, 0.25) is 0 Å². The van der Waals surface area contributed by atoms with E-state index in [2.05, 4.69) is 5.32 Å². The molecule has 1 atom stereocenters. The Hall–Kier alpha value is -2.91. The molecule has 4 rings (SSSR count). The topological polar surface area (TPSA) is 102 Å². The summed E-state index contributed by atoms with van der Waals surface area (Å²) in [7, 11) is -2.18. The molecular weight excluding hydrogens is 394 g/mol. The van der Waals surface area contributed by atoms with Crippen LogP contribution in [-0.4, -0.2) is 35.8 Å². The first-order chi connectivity index (χ1) is 13.9. The number of fused-ring (bicyclic) bond motifs is 1. The van der Waals surface area contributed by atoms with Gasteiger partial charge in [0.2, 0.25) is 15.9 Å². The third kappa shape index (κ3) is 3.58. The molecule has 1 amide bonds. The molecule has 0 saturated carbocycles. The van der Waals surface area contributed by atoms with Gasteiger partial charge in [0.25, 0.3) is 0 Å². The number of aryl methyl sites for hydroxylation is 1. The second kappa shape index (κ2) is 7.49. The summed E-state index contributed by atoms with van der Waals surface area (Å²) in [5.41, 5.74) is 1.41. The molecule has 1 aliphatic rings. The number of nitrogens with one attached hydrogen (secondary N) is 1. The number of benzene rings is 2. The van der Waals surface area contributed by atoms with Crippen LogP contribution in [0.3, 0.4) is 0 Å². The van der Waals surface area contributed by atoms with Gasteiger partial charge in [-0.15, -0.1) is 0 Å². The van der Waals surface area contributed by atoms with Crippen molar-refractivity contribution in [3.8, 4) is 0 Å². The van der Waals surface area contributed by atoms with Crippen LogP contribution in [0.15, 0.2) is 62.6 Å². The molecule has 2 heterocycles. The van der Waals surface area contributed by atoms with E-state index in [0.717, 1.165) is 6.42 Å². The Kier molecular flexibility index (Phi) is 5.01. The number of oxazole rings is 1. The Morgan fingerprint density at radius 1 is 1.14 bits per heavy atom. The summed E-state index contributed by atoms with van der Waals surface area (Å²) in [6, 6.07) is 12.2. The fourth-order valence-electron chi connectivity index (χ4n) is 3.62. The highest BCUT2D eigenvalue weighted by Gasteiger charge is 2.37. The fraction of sp³-hybridized carbons (Fsp3) is 0.300. The second-order valence-corrected chi connectivity index (χ2v) is 8.93. The lowest BCUT2D eigenvalue weighted by atomic mass is 10.0. The van der Waals surface area contributed by atoms with Crippen LogP contribution in [-0.2, 0) is 21.9 Å². The van der Waals surface area contributed by atoms with Crippen LogP contribution in [0.5, 0.6) is 0 Å². The quantitative estimate of drug-likeness (QED) is 0.705. The van der Waals surface area contributed by atoms with Gasteiger partial charge < -0.3 is 9.73 Å². The van der Waals surface area contributed by atoms with Gasteiger partial charge >= 0.3 is 5.76 Å². The molecule has 29 heavy (non-hydrogen) atoms. The molecule has 1 aliphatic heterocycles. The van der Waals surface area contributed by atoms with E-state index in [1.807, 2.05) is 0 Å². The zero-order chi connectivity index (χ0) is 20.6. The van der Waals surface area contributed by atoms with Gasteiger partial charge in [-0.25, -0.2) is 13.2 Å². The van der Waals surface area contributed by atoms with Crippen molar-refractivity contribution in [1.29, 1.82) is 0 Å². The Balaban J connectivity index is 1.60. The maximum absolute atomic E-state index is 13.1. The molecule has 3 aromatic rings. The van der Waals surface area contributed by atoms with E-state index in [1.165, 1.54) is 21.0 Å². The highest BCUT2D eigenvalue weighted by molar-refractivity contribution is 7.89. The van der Waals surface area contributed by atoms with Crippen molar-refractivity contribution in [2.75, 3.05) is 11.9 Å². The summed E-state index contributed by atoms with van der Waals surface area (Å²) in [4.78, 5) is 24.8. The number of carbonyl (C=O) groups excluding carboxylic acids is 1. The van der Waals surface area contributed by atoms with Gasteiger partial charge in [-0.05, 0) is 37.1 Å². The maximum atomic E-state index is 13.1. The van der Waals surface area contributed by atoms with Gasteiger partial charge in [-0.2, -0.15) is 4.31 Å². The van der Waals surface area contributed by atoms with Gasteiger partial charge in [0.1, 0.15) is 6.04 Å². The predicted molar refractivity (Wildman–Crippen MR) is 108 cm³/mol. The minimum absolute atomic E-state index is 0.173. The molecular formula is C20H21N3O5S. The fourth-order valence-corrected chi connectivity index (χ4v) is 5.30. The summed E-state index contributed by atoms with van der Waals surface area (Å²) in [6.45, 7) is 0.294. The molecule has 0 aliphatic carbocycles. The number of anilines is 1. The molecule has 1 saturated heterocycles. The lowest BCUT2D eigenvalue weighted by Crippen LogP contribution is -2.49. The molecule has 2 aromatic carbocycles. The largest absolute Gasteiger partial charge is 0.419 e. The normalized spacial score (nSPS) is 18.0. The standard InChI is InChI=1S/C20H21N3O5S/c1-22-16-11-10-14(13-18(16)28-20(22)25)21-19(24)17-9-5-6-12-23(17)29(26,27)15-7-3-2-4-8-15/h2-4,7-8,10-11,13,17H,5-6,9,12H2,1H3,(H,21,24). The van der Waals surface area contributed by atoms with E-state index in [9.17, 15) is 18.0 Å². The van der Waals surface area contributed by atoms with E-state index in [4.69, 9.17) is 4.42 Å². The van der Waals surface area contributed by atoms with Gasteiger partial charge in [0.15, 0.2) is 5.58 Å². The van der Waals surface area contributed by atoms with Gasteiger partial charge in [0, 0.05) is 25.3 Å². The molecule has 0 radical (unpaired) electrons. The average Bonchev–Trinajstić information content (AvgIpc) is 3.01. The number of carbonyl (C=O) groups is 1. The van der Waals surface area contributed by atoms with E-state index < -0.39 is 27.7 Å². The summed E-state index contributed by atoms with van der Waals surface area (Å²) >= 11 is 0. The first-order valence-corrected chi connectivity index (χ1v) is 10.8. The van der Waals surface area contributed by atoms with Crippen molar-refractivity contribution in [2.45, 2.75) is 30.2 Å². The highest BCUT2D eigenvalue weighted by atomic mass is 32.2. The Morgan fingerprint density at radius 2 is 1.90 bits per heavy atom. The van der Waals surface area contributed by atoms with Crippen molar-refractivity contribution in [2.24, 2.45) is 7.05 Å². The Labute approximate surface area is 167 Å². The van der Waals surface area contributed by atoms with Crippen LogP contribution in [0, 0.1) is 0 Å². The number of hydrogen-bond acceptors (Lipinski definition) is 5. The zero-order valence-corrected chi connectivity index (χ0v) is 16.7. The number of nitrogens with zero attached hydrogens (tertiary/aromatic N) is 2. The maximum Gasteiger partial charge on any atom is 0.419 e. The number of hydrogen-bond donors (Lipinski definition) is 1. The number of rotatable bonds is 4. The van der Waals surface area contributed by atoms with Gasteiger partial charge in [0.05, 0.1) is 10.4 Å². The summed E-state index contributed by atoms with van der Waals surface area (Å²) in [5, 5.41) is 2.77. The van der Waals surface area contributed by atoms with Gasteiger partial charge in [-0.1, -0.05) is 24.6 Å². The van der Waals surface area contributed by atoms with E-state index in [-0.39, 0.29) is 4.90 Å². The van der Waals surface area contributed by atoms with E-state index >= 15 is 0 Å². The van der Waals surface area contributed by atoms with Crippen LogP contribution < -0.4 is 11.1 Å². The minimum atomic E-state index is -3.78. The SMILES string of the molecule is Cn1c(=O)oc2cc(NC(=O)C3CCCCN3S(=O)(=O)c3ccccc3)ccc21. The second-order valence-electron chi connectivity index (χ2n) is 7.04. The first-order valence-electron chi connectivity index (χ1n) is 9.35. The predicted octanol–water partition coefficient (Wildman–Crippen LogP) is 2.31. The minimum Gasteiger partial charge on any atom is -0.408 e. The molecule has 1 fully saturated rings. The third-order valence-electron chi connectivity index (χ3n) is 5.17. The zero-order valence-electron chi connectivity index (χ0n) is 15.9. The summed E-state index contributed by atoms with van der Waals surface area (Å²) < 4.78 is 33.9. The summed E-state index contributed by atoms with van der Waals surface area (Å²) in [5.74, 6) is -0.891. The van der Waals surface area contributed by atoms with Crippen LogP contribution in [0.1, 0.15) is 19.3 Å². The number of piperidine rings is 1. The molecule has 0 spiro atoms. The van der Waals surface area contributed by atoms with E-state index in [1.54, 1.807) is 43.4 Å². The van der Waals surface area contributed by atoms with Crippen molar-refractivity contribution < 1.29 is 17.6 Å². The number of amides is 1. The molecule has 0 bridgehead atoms. The van der Waals surface area contributed by atoms with Crippen molar-refractivity contribution >= 4 is 32.7 Å². The van der Waals surface area contributed by atoms with Crippen LogP contribution in [0.25, 0.3) is 11.1 Å². The Morgan fingerprint density at radius 3 is 2.66 bits per heavy atom. The van der Waals surface area contributed by atoms with Crippen molar-refractivity contribution in [3.05, 3.63) is 59.1 Å². The lowest BCUT2D eigenvalue weighted by molar-refractivity contribution is -0.120. The van der Waals surface area contributed by atoms with E-state index in [0.29, 0.717) is 36.2 Å². The molecule has 1 unspecified atom stereocenters. The average molecular weight is 415 g/mol. The third-order valence-corrected chi connectivity index (χ3v) is 7.09. The highest BCUT2D eigenvalue weighted by Crippen LogP contribution is 2.27. The smallest absolute Gasteiger partial charge is 0.408 e. The Bertz CT molecular complexity index is 1210.